The average Bonchev–Trinajstić information content (AvgIpc) is 2.71. The SMILES string of the molecule is Cc1ccc(-n2c(N)nc3c(F)cccc32)cc1C. The van der Waals surface area contributed by atoms with Gasteiger partial charge in [0, 0.05) is 5.69 Å². The first-order valence-electron chi connectivity index (χ1n) is 6.08. The first-order chi connectivity index (χ1) is 9.08. The van der Waals surface area contributed by atoms with Gasteiger partial charge in [-0.25, -0.2) is 9.37 Å². The second-order valence-electron chi connectivity index (χ2n) is 4.68. The lowest BCUT2D eigenvalue weighted by Crippen LogP contribution is -2.01. The topological polar surface area (TPSA) is 43.8 Å². The van der Waals surface area contributed by atoms with Crippen LogP contribution in [0.3, 0.4) is 0 Å². The number of imidazole rings is 1. The summed E-state index contributed by atoms with van der Waals surface area (Å²) in [6.07, 6.45) is 0. The van der Waals surface area contributed by atoms with Crippen LogP contribution in [-0.4, -0.2) is 9.55 Å². The molecule has 0 bridgehead atoms. The molecule has 1 aromatic heterocycles. The lowest BCUT2D eigenvalue weighted by molar-refractivity contribution is 0.637. The minimum Gasteiger partial charge on any atom is -0.369 e. The molecule has 0 radical (unpaired) electrons. The Morgan fingerprint density at radius 1 is 1.11 bits per heavy atom. The van der Waals surface area contributed by atoms with Crippen LogP contribution in [0.25, 0.3) is 16.7 Å². The number of halogens is 1. The van der Waals surface area contributed by atoms with Crippen LogP contribution < -0.4 is 5.73 Å². The van der Waals surface area contributed by atoms with Gasteiger partial charge in [-0.3, -0.25) is 4.57 Å². The normalized spacial score (nSPS) is 11.1. The summed E-state index contributed by atoms with van der Waals surface area (Å²) in [7, 11) is 0. The van der Waals surface area contributed by atoms with Gasteiger partial charge in [-0.15, -0.1) is 0 Å². The molecule has 1 heterocycles. The Bertz CT molecular complexity index is 774. The number of aromatic nitrogens is 2. The molecule has 0 amide bonds. The van der Waals surface area contributed by atoms with Crippen molar-refractivity contribution in [1.29, 1.82) is 0 Å². The Morgan fingerprint density at radius 2 is 1.89 bits per heavy atom. The highest BCUT2D eigenvalue weighted by Gasteiger charge is 2.13. The van der Waals surface area contributed by atoms with Crippen molar-refractivity contribution < 1.29 is 4.39 Å². The van der Waals surface area contributed by atoms with Crippen LogP contribution in [0.2, 0.25) is 0 Å². The monoisotopic (exact) mass is 255 g/mol. The number of nitrogens with two attached hydrogens (primary N) is 1. The fourth-order valence-corrected chi connectivity index (χ4v) is 2.22. The highest BCUT2D eigenvalue weighted by molar-refractivity contribution is 5.81. The van der Waals surface area contributed by atoms with Crippen LogP contribution in [0.4, 0.5) is 10.3 Å². The summed E-state index contributed by atoms with van der Waals surface area (Å²) in [5, 5.41) is 0. The maximum atomic E-state index is 13.7. The van der Waals surface area contributed by atoms with Gasteiger partial charge >= 0.3 is 0 Å². The number of para-hydroxylation sites is 1. The van der Waals surface area contributed by atoms with E-state index in [0.29, 0.717) is 17.0 Å². The van der Waals surface area contributed by atoms with E-state index in [9.17, 15) is 4.39 Å². The highest BCUT2D eigenvalue weighted by Crippen LogP contribution is 2.25. The minimum absolute atomic E-state index is 0.295. The number of benzene rings is 2. The van der Waals surface area contributed by atoms with Gasteiger partial charge in [0.15, 0.2) is 5.82 Å². The van der Waals surface area contributed by atoms with Gasteiger partial charge in [-0.1, -0.05) is 12.1 Å². The van der Waals surface area contributed by atoms with Gasteiger partial charge in [0.1, 0.15) is 5.52 Å². The molecule has 2 N–H and O–H groups in total. The van der Waals surface area contributed by atoms with Crippen LogP contribution in [0.1, 0.15) is 11.1 Å². The van der Waals surface area contributed by atoms with Crippen molar-refractivity contribution in [2.45, 2.75) is 13.8 Å². The quantitative estimate of drug-likeness (QED) is 0.724. The molecule has 0 aliphatic carbocycles. The molecule has 19 heavy (non-hydrogen) atoms. The van der Waals surface area contributed by atoms with Crippen molar-refractivity contribution >= 4 is 17.0 Å². The summed E-state index contributed by atoms with van der Waals surface area (Å²) in [6, 6.07) is 10.9. The van der Waals surface area contributed by atoms with E-state index in [1.54, 1.807) is 10.6 Å². The molecule has 2 aromatic carbocycles. The van der Waals surface area contributed by atoms with Crippen LogP contribution in [0, 0.1) is 19.7 Å². The van der Waals surface area contributed by atoms with E-state index < -0.39 is 0 Å². The van der Waals surface area contributed by atoms with Crippen molar-refractivity contribution in [2.75, 3.05) is 5.73 Å². The maximum absolute atomic E-state index is 13.7. The van der Waals surface area contributed by atoms with Crippen molar-refractivity contribution in [3.63, 3.8) is 0 Å². The van der Waals surface area contributed by atoms with E-state index in [-0.39, 0.29) is 5.82 Å². The molecular formula is C15H14FN3. The molecular weight excluding hydrogens is 241 g/mol. The van der Waals surface area contributed by atoms with E-state index >= 15 is 0 Å². The molecule has 0 atom stereocenters. The Hall–Kier alpha value is -2.36. The molecule has 0 saturated heterocycles. The zero-order valence-electron chi connectivity index (χ0n) is 10.8. The largest absolute Gasteiger partial charge is 0.369 e. The second-order valence-corrected chi connectivity index (χ2v) is 4.68. The Labute approximate surface area is 110 Å². The number of nitrogens with zero attached hydrogens (tertiary/aromatic N) is 2. The van der Waals surface area contributed by atoms with Crippen LogP contribution >= 0.6 is 0 Å². The molecule has 3 aromatic rings. The Morgan fingerprint density at radius 3 is 2.63 bits per heavy atom. The van der Waals surface area contributed by atoms with Crippen LogP contribution in [-0.2, 0) is 0 Å². The number of nitrogen functional groups attached to an aromatic ring is 1. The average molecular weight is 255 g/mol. The zero-order chi connectivity index (χ0) is 13.6. The third-order valence-corrected chi connectivity index (χ3v) is 3.41. The van der Waals surface area contributed by atoms with Crippen molar-refractivity contribution in [3.8, 4) is 5.69 Å². The van der Waals surface area contributed by atoms with Gasteiger partial charge < -0.3 is 5.73 Å². The van der Waals surface area contributed by atoms with E-state index in [4.69, 9.17) is 5.73 Å². The number of fused-ring (bicyclic) bond motifs is 1. The van der Waals surface area contributed by atoms with E-state index in [0.717, 1.165) is 11.3 Å². The highest BCUT2D eigenvalue weighted by atomic mass is 19.1. The summed E-state index contributed by atoms with van der Waals surface area (Å²) in [5.74, 6) is -0.0601. The standard InChI is InChI=1S/C15H14FN3/c1-9-6-7-11(8-10(9)2)19-13-5-3-4-12(16)14(13)18-15(19)17/h3-8H,1-2H3,(H2,17,18). The molecule has 0 spiro atoms. The maximum Gasteiger partial charge on any atom is 0.206 e. The molecule has 3 nitrogen and oxygen atoms in total. The third-order valence-electron chi connectivity index (χ3n) is 3.41. The smallest absolute Gasteiger partial charge is 0.206 e. The number of hydrogen-bond acceptors (Lipinski definition) is 2. The summed E-state index contributed by atoms with van der Waals surface area (Å²) < 4.78 is 15.5. The third kappa shape index (κ3) is 1.76. The zero-order valence-corrected chi connectivity index (χ0v) is 10.8. The van der Waals surface area contributed by atoms with Crippen molar-refractivity contribution in [3.05, 3.63) is 53.3 Å². The molecule has 0 aliphatic rings. The van der Waals surface area contributed by atoms with Gasteiger partial charge in [0.05, 0.1) is 5.52 Å². The summed E-state index contributed by atoms with van der Waals surface area (Å²) >= 11 is 0. The number of aryl methyl sites for hydroxylation is 2. The summed E-state index contributed by atoms with van der Waals surface area (Å²) in [4.78, 5) is 4.11. The molecule has 0 saturated carbocycles. The number of hydrogen-bond donors (Lipinski definition) is 1. The van der Waals surface area contributed by atoms with E-state index in [2.05, 4.69) is 4.98 Å². The van der Waals surface area contributed by atoms with Gasteiger partial charge in [-0.05, 0) is 49.2 Å². The van der Waals surface area contributed by atoms with Crippen molar-refractivity contribution in [1.82, 2.24) is 9.55 Å². The molecule has 0 fully saturated rings. The lowest BCUT2D eigenvalue weighted by atomic mass is 10.1. The van der Waals surface area contributed by atoms with E-state index in [1.807, 2.05) is 38.1 Å². The predicted molar refractivity (Wildman–Crippen MR) is 74.9 cm³/mol. The fraction of sp³-hybridized carbons (Fsp3) is 0.133. The van der Waals surface area contributed by atoms with Crippen LogP contribution in [0.5, 0.6) is 0 Å². The first kappa shape index (κ1) is 11.7. The summed E-state index contributed by atoms with van der Waals surface area (Å²) in [6.45, 7) is 4.09. The summed E-state index contributed by atoms with van der Waals surface area (Å²) in [5.41, 5.74) is 10.2. The molecule has 4 heteroatoms. The fourth-order valence-electron chi connectivity index (χ4n) is 2.22. The van der Waals surface area contributed by atoms with E-state index in [1.165, 1.54) is 11.6 Å². The second kappa shape index (κ2) is 4.09. The molecule has 0 aliphatic heterocycles. The van der Waals surface area contributed by atoms with Crippen molar-refractivity contribution in [2.24, 2.45) is 0 Å². The molecule has 0 unspecified atom stereocenters. The predicted octanol–water partition coefficient (Wildman–Crippen LogP) is 3.36. The first-order valence-corrected chi connectivity index (χ1v) is 6.08. The Balaban J connectivity index is 2.33. The van der Waals surface area contributed by atoms with Gasteiger partial charge in [0.25, 0.3) is 0 Å². The Kier molecular flexibility index (Phi) is 2.52. The van der Waals surface area contributed by atoms with Crippen LogP contribution in [0.15, 0.2) is 36.4 Å². The van der Waals surface area contributed by atoms with Gasteiger partial charge in [0.2, 0.25) is 5.95 Å². The number of anilines is 1. The number of rotatable bonds is 1. The molecule has 3 rings (SSSR count). The molecule has 96 valence electrons. The lowest BCUT2D eigenvalue weighted by Gasteiger charge is -2.09. The van der Waals surface area contributed by atoms with Gasteiger partial charge in [-0.2, -0.15) is 0 Å². The minimum atomic E-state index is -0.355.